The van der Waals surface area contributed by atoms with E-state index in [0.29, 0.717) is 6.04 Å². The second kappa shape index (κ2) is 3.69. The summed E-state index contributed by atoms with van der Waals surface area (Å²) in [5.74, 6) is 0. The predicted molar refractivity (Wildman–Crippen MR) is 71.4 cm³/mol. The third-order valence-corrected chi connectivity index (χ3v) is 3.12. The van der Waals surface area contributed by atoms with Gasteiger partial charge >= 0.3 is 0 Å². The zero-order valence-corrected chi connectivity index (χ0v) is 11.0. The SMILES string of the molecule is Cc1ccc2c(c1)NC(C)(C)CN2C(C)C. The van der Waals surface area contributed by atoms with Crippen molar-refractivity contribution in [1.29, 1.82) is 0 Å². The van der Waals surface area contributed by atoms with Crippen LogP contribution in [0.2, 0.25) is 0 Å². The number of anilines is 2. The lowest BCUT2D eigenvalue weighted by Crippen LogP contribution is -2.50. The molecule has 0 fully saturated rings. The molecule has 0 radical (unpaired) electrons. The zero-order valence-electron chi connectivity index (χ0n) is 11.0. The molecule has 1 heterocycles. The lowest BCUT2D eigenvalue weighted by Gasteiger charge is -2.44. The standard InChI is InChI=1S/C14H22N2/c1-10(2)16-9-14(4,5)15-12-8-11(3)6-7-13(12)16/h6-8,10,15H,9H2,1-5H3. The van der Waals surface area contributed by atoms with E-state index in [-0.39, 0.29) is 5.54 Å². The fourth-order valence-corrected chi connectivity index (χ4v) is 2.38. The Morgan fingerprint density at radius 3 is 2.62 bits per heavy atom. The van der Waals surface area contributed by atoms with Crippen molar-refractivity contribution in [3.63, 3.8) is 0 Å². The molecule has 0 saturated carbocycles. The number of nitrogens with zero attached hydrogens (tertiary/aromatic N) is 1. The van der Waals surface area contributed by atoms with Gasteiger partial charge in [-0.3, -0.25) is 0 Å². The minimum atomic E-state index is 0.144. The molecule has 0 bridgehead atoms. The van der Waals surface area contributed by atoms with Crippen LogP contribution < -0.4 is 10.2 Å². The van der Waals surface area contributed by atoms with Gasteiger partial charge in [-0.2, -0.15) is 0 Å². The van der Waals surface area contributed by atoms with E-state index in [1.54, 1.807) is 0 Å². The van der Waals surface area contributed by atoms with Crippen molar-refractivity contribution in [1.82, 2.24) is 0 Å². The van der Waals surface area contributed by atoms with Crippen LogP contribution in [0.1, 0.15) is 33.3 Å². The number of rotatable bonds is 1. The first-order chi connectivity index (χ1) is 7.39. The molecule has 1 N–H and O–H groups in total. The van der Waals surface area contributed by atoms with Crippen LogP contribution in [0.3, 0.4) is 0 Å². The summed E-state index contributed by atoms with van der Waals surface area (Å²) in [6.45, 7) is 12.2. The molecule has 0 atom stereocenters. The van der Waals surface area contributed by atoms with Crippen molar-refractivity contribution in [3.8, 4) is 0 Å². The van der Waals surface area contributed by atoms with Crippen LogP contribution in [0.25, 0.3) is 0 Å². The van der Waals surface area contributed by atoms with E-state index in [2.05, 4.69) is 63.0 Å². The topological polar surface area (TPSA) is 15.3 Å². The van der Waals surface area contributed by atoms with Gasteiger partial charge in [0, 0.05) is 18.1 Å². The highest BCUT2D eigenvalue weighted by atomic mass is 15.2. The first-order valence-corrected chi connectivity index (χ1v) is 6.04. The normalized spacial score (nSPS) is 18.2. The quantitative estimate of drug-likeness (QED) is 0.777. The first-order valence-electron chi connectivity index (χ1n) is 6.04. The van der Waals surface area contributed by atoms with Crippen molar-refractivity contribution in [3.05, 3.63) is 23.8 Å². The van der Waals surface area contributed by atoms with E-state index >= 15 is 0 Å². The predicted octanol–water partition coefficient (Wildman–Crippen LogP) is 3.41. The molecule has 0 spiro atoms. The van der Waals surface area contributed by atoms with Crippen LogP contribution in [-0.2, 0) is 0 Å². The van der Waals surface area contributed by atoms with Crippen molar-refractivity contribution in [2.75, 3.05) is 16.8 Å². The van der Waals surface area contributed by atoms with Gasteiger partial charge in [0.1, 0.15) is 0 Å². The van der Waals surface area contributed by atoms with Gasteiger partial charge in [-0.05, 0) is 52.3 Å². The Kier molecular flexibility index (Phi) is 2.61. The maximum atomic E-state index is 3.62. The first kappa shape index (κ1) is 11.3. The van der Waals surface area contributed by atoms with E-state index in [4.69, 9.17) is 0 Å². The minimum Gasteiger partial charge on any atom is -0.377 e. The van der Waals surface area contributed by atoms with Crippen LogP contribution in [-0.4, -0.2) is 18.1 Å². The maximum absolute atomic E-state index is 3.62. The zero-order chi connectivity index (χ0) is 11.9. The average molecular weight is 218 g/mol. The molecular weight excluding hydrogens is 196 g/mol. The Morgan fingerprint density at radius 1 is 1.31 bits per heavy atom. The Morgan fingerprint density at radius 2 is 2.00 bits per heavy atom. The van der Waals surface area contributed by atoms with Crippen LogP contribution in [0.15, 0.2) is 18.2 Å². The van der Waals surface area contributed by atoms with Gasteiger partial charge in [-0.1, -0.05) is 6.07 Å². The summed E-state index contributed by atoms with van der Waals surface area (Å²) in [6.07, 6.45) is 0. The summed E-state index contributed by atoms with van der Waals surface area (Å²) in [6, 6.07) is 7.20. The van der Waals surface area contributed by atoms with Gasteiger partial charge in [-0.15, -0.1) is 0 Å². The minimum absolute atomic E-state index is 0.144. The summed E-state index contributed by atoms with van der Waals surface area (Å²) in [7, 11) is 0. The molecule has 1 aromatic carbocycles. The molecule has 0 aliphatic carbocycles. The maximum Gasteiger partial charge on any atom is 0.0605 e. The van der Waals surface area contributed by atoms with Crippen LogP contribution in [0.5, 0.6) is 0 Å². The fraction of sp³-hybridized carbons (Fsp3) is 0.571. The Labute approximate surface area is 98.7 Å². The summed E-state index contributed by atoms with van der Waals surface area (Å²) in [4.78, 5) is 2.48. The number of fused-ring (bicyclic) bond motifs is 1. The average Bonchev–Trinajstić information content (AvgIpc) is 2.14. The number of aryl methyl sites for hydroxylation is 1. The second-order valence-electron chi connectivity index (χ2n) is 5.75. The summed E-state index contributed by atoms with van der Waals surface area (Å²) < 4.78 is 0. The van der Waals surface area contributed by atoms with E-state index < -0.39 is 0 Å². The van der Waals surface area contributed by atoms with Crippen molar-refractivity contribution in [2.24, 2.45) is 0 Å². The molecule has 16 heavy (non-hydrogen) atoms. The number of benzene rings is 1. The third kappa shape index (κ3) is 2.01. The highest BCUT2D eigenvalue weighted by Crippen LogP contribution is 2.36. The smallest absolute Gasteiger partial charge is 0.0605 e. The van der Waals surface area contributed by atoms with Crippen LogP contribution in [0, 0.1) is 6.92 Å². The third-order valence-electron chi connectivity index (χ3n) is 3.12. The summed E-state index contributed by atoms with van der Waals surface area (Å²) in [5, 5.41) is 3.62. The monoisotopic (exact) mass is 218 g/mol. The number of nitrogens with one attached hydrogen (secondary N) is 1. The molecule has 0 aromatic heterocycles. The molecule has 88 valence electrons. The highest BCUT2D eigenvalue weighted by Gasteiger charge is 2.30. The number of hydrogen-bond acceptors (Lipinski definition) is 2. The van der Waals surface area contributed by atoms with Gasteiger partial charge in [0.2, 0.25) is 0 Å². The lowest BCUT2D eigenvalue weighted by molar-refractivity contribution is 0.506. The van der Waals surface area contributed by atoms with E-state index in [1.165, 1.54) is 16.9 Å². The summed E-state index contributed by atoms with van der Waals surface area (Å²) in [5.41, 5.74) is 4.06. The Balaban J connectivity index is 2.47. The molecule has 0 saturated heterocycles. The Hall–Kier alpha value is -1.18. The summed E-state index contributed by atoms with van der Waals surface area (Å²) >= 11 is 0. The van der Waals surface area contributed by atoms with E-state index in [9.17, 15) is 0 Å². The molecular formula is C14H22N2. The van der Waals surface area contributed by atoms with Gasteiger partial charge in [0.15, 0.2) is 0 Å². The Bertz CT molecular complexity index is 394. The molecule has 0 amide bonds. The van der Waals surface area contributed by atoms with Gasteiger partial charge < -0.3 is 10.2 Å². The van der Waals surface area contributed by atoms with Gasteiger partial charge in [0.05, 0.1) is 11.4 Å². The van der Waals surface area contributed by atoms with Crippen LogP contribution >= 0.6 is 0 Å². The van der Waals surface area contributed by atoms with E-state index in [0.717, 1.165) is 6.54 Å². The molecule has 2 heteroatoms. The molecule has 1 aliphatic heterocycles. The van der Waals surface area contributed by atoms with Gasteiger partial charge in [-0.25, -0.2) is 0 Å². The number of hydrogen-bond donors (Lipinski definition) is 1. The van der Waals surface area contributed by atoms with Crippen LogP contribution in [0.4, 0.5) is 11.4 Å². The largest absolute Gasteiger partial charge is 0.377 e. The molecule has 2 rings (SSSR count). The van der Waals surface area contributed by atoms with Crippen molar-refractivity contribution < 1.29 is 0 Å². The fourth-order valence-electron chi connectivity index (χ4n) is 2.38. The van der Waals surface area contributed by atoms with Gasteiger partial charge in [0.25, 0.3) is 0 Å². The molecule has 2 nitrogen and oxygen atoms in total. The molecule has 0 unspecified atom stereocenters. The molecule has 1 aromatic rings. The van der Waals surface area contributed by atoms with Crippen molar-refractivity contribution >= 4 is 11.4 Å². The second-order valence-corrected chi connectivity index (χ2v) is 5.75. The lowest BCUT2D eigenvalue weighted by atomic mass is 9.97. The van der Waals surface area contributed by atoms with Crippen molar-refractivity contribution in [2.45, 2.75) is 46.2 Å². The molecule has 1 aliphatic rings. The van der Waals surface area contributed by atoms with E-state index in [1.807, 2.05) is 0 Å². The highest BCUT2D eigenvalue weighted by molar-refractivity contribution is 5.74.